The van der Waals surface area contributed by atoms with Gasteiger partial charge in [0.2, 0.25) is 0 Å². The minimum Gasteiger partial charge on any atom is -0.493 e. The number of fused-ring (bicyclic) bond motifs is 1. The third kappa shape index (κ3) is 3.46. The summed E-state index contributed by atoms with van der Waals surface area (Å²) in [6, 6.07) is 11.3. The lowest BCUT2D eigenvalue weighted by molar-refractivity contribution is 0.292. The van der Waals surface area contributed by atoms with Crippen LogP contribution in [0, 0.1) is 0 Å². The van der Waals surface area contributed by atoms with E-state index < -0.39 is 0 Å². The Labute approximate surface area is 130 Å². The van der Waals surface area contributed by atoms with Crippen molar-refractivity contribution < 1.29 is 4.74 Å². The fourth-order valence-corrected chi connectivity index (χ4v) is 3.64. The molecule has 0 amide bonds. The maximum absolute atomic E-state index is 5.55. The molecule has 0 saturated carbocycles. The lowest BCUT2D eigenvalue weighted by Gasteiger charge is -2.23. The lowest BCUT2D eigenvalue weighted by Crippen LogP contribution is -2.30. The number of nitrogens with one attached hydrogen (secondary N) is 1. The molecular formula is C17H22N2OS. The molecule has 1 aliphatic heterocycles. The van der Waals surface area contributed by atoms with Gasteiger partial charge in [-0.25, -0.2) is 0 Å². The number of ether oxygens (including phenoxy) is 1. The smallest absolute Gasteiger partial charge is 0.122 e. The number of benzene rings is 1. The standard InChI is InChI=1S/C17H22N2OS/c1-19(2)15(17-4-3-9-21-17)12-18-11-13-5-6-16-14(10-13)7-8-20-16/h3-6,9-10,15,18H,7-8,11-12H2,1-2H3. The summed E-state index contributed by atoms with van der Waals surface area (Å²) in [6.45, 7) is 2.69. The minimum absolute atomic E-state index is 0.433. The van der Waals surface area contributed by atoms with Gasteiger partial charge in [-0.1, -0.05) is 18.2 Å². The summed E-state index contributed by atoms with van der Waals surface area (Å²) >= 11 is 1.82. The molecule has 2 heterocycles. The highest BCUT2D eigenvalue weighted by Crippen LogP contribution is 2.26. The Hall–Kier alpha value is -1.36. The van der Waals surface area contributed by atoms with Crippen molar-refractivity contribution in [1.82, 2.24) is 10.2 Å². The normalized spacial score (nSPS) is 15.0. The summed E-state index contributed by atoms with van der Waals surface area (Å²) in [5.74, 6) is 1.06. The maximum atomic E-state index is 5.55. The summed E-state index contributed by atoms with van der Waals surface area (Å²) < 4.78 is 5.55. The van der Waals surface area contributed by atoms with Crippen LogP contribution in [0.1, 0.15) is 22.0 Å². The van der Waals surface area contributed by atoms with Crippen LogP contribution in [0.2, 0.25) is 0 Å². The van der Waals surface area contributed by atoms with Crippen LogP contribution in [0.15, 0.2) is 35.7 Å². The van der Waals surface area contributed by atoms with Crippen molar-refractivity contribution in [3.8, 4) is 5.75 Å². The van der Waals surface area contributed by atoms with Gasteiger partial charge < -0.3 is 15.0 Å². The second-order valence-electron chi connectivity index (χ2n) is 5.67. The van der Waals surface area contributed by atoms with Gasteiger partial charge in [0, 0.05) is 24.4 Å². The first-order chi connectivity index (χ1) is 10.2. The Bertz CT molecular complexity index is 580. The summed E-state index contributed by atoms with van der Waals surface area (Å²) in [7, 11) is 4.28. The molecule has 2 aromatic rings. The first-order valence-electron chi connectivity index (χ1n) is 7.39. The van der Waals surface area contributed by atoms with Crippen LogP contribution >= 0.6 is 11.3 Å². The maximum Gasteiger partial charge on any atom is 0.122 e. The highest BCUT2D eigenvalue weighted by Gasteiger charge is 2.15. The summed E-state index contributed by atoms with van der Waals surface area (Å²) in [6.07, 6.45) is 1.04. The predicted octanol–water partition coefficient (Wildman–Crippen LogP) is 3.08. The molecule has 0 radical (unpaired) electrons. The Balaban J connectivity index is 1.57. The highest BCUT2D eigenvalue weighted by molar-refractivity contribution is 7.10. The van der Waals surface area contributed by atoms with E-state index in [9.17, 15) is 0 Å². The molecule has 4 heteroatoms. The van der Waals surface area contributed by atoms with E-state index in [1.165, 1.54) is 16.0 Å². The molecule has 112 valence electrons. The van der Waals surface area contributed by atoms with Gasteiger partial charge in [0.15, 0.2) is 0 Å². The fraction of sp³-hybridized carbons (Fsp3) is 0.412. The van der Waals surface area contributed by atoms with Crippen LogP contribution < -0.4 is 10.1 Å². The molecule has 1 aromatic carbocycles. The average molecular weight is 302 g/mol. The summed E-state index contributed by atoms with van der Waals surface area (Å²) in [5, 5.41) is 5.73. The van der Waals surface area contributed by atoms with Crippen LogP contribution in [0.5, 0.6) is 5.75 Å². The molecule has 0 bridgehead atoms. The van der Waals surface area contributed by atoms with Gasteiger partial charge in [-0.15, -0.1) is 11.3 Å². The van der Waals surface area contributed by atoms with Crippen LogP contribution in [0.4, 0.5) is 0 Å². The van der Waals surface area contributed by atoms with Crippen molar-refractivity contribution in [2.24, 2.45) is 0 Å². The summed E-state index contributed by atoms with van der Waals surface area (Å²) in [5.41, 5.74) is 2.68. The van der Waals surface area contributed by atoms with Crippen LogP contribution in [-0.2, 0) is 13.0 Å². The number of thiophene rings is 1. The molecule has 0 aliphatic carbocycles. The molecule has 1 unspecified atom stereocenters. The molecular weight excluding hydrogens is 280 g/mol. The number of nitrogens with zero attached hydrogens (tertiary/aromatic N) is 1. The first-order valence-corrected chi connectivity index (χ1v) is 8.27. The SMILES string of the molecule is CN(C)C(CNCc1ccc2c(c1)CCO2)c1cccs1. The minimum atomic E-state index is 0.433. The molecule has 21 heavy (non-hydrogen) atoms. The van der Waals surface area contributed by atoms with Gasteiger partial charge in [-0.3, -0.25) is 0 Å². The fourth-order valence-electron chi connectivity index (χ4n) is 2.72. The van der Waals surface area contributed by atoms with Crippen molar-refractivity contribution in [2.75, 3.05) is 27.2 Å². The second kappa shape index (κ2) is 6.60. The van der Waals surface area contributed by atoms with E-state index in [1.807, 2.05) is 11.3 Å². The third-order valence-electron chi connectivity index (χ3n) is 3.92. The van der Waals surface area contributed by atoms with Gasteiger partial charge in [-0.05, 0) is 42.7 Å². The van der Waals surface area contributed by atoms with E-state index in [4.69, 9.17) is 4.74 Å². The Morgan fingerprint density at radius 2 is 2.24 bits per heavy atom. The molecule has 1 aliphatic rings. The Morgan fingerprint density at radius 3 is 3.00 bits per heavy atom. The zero-order valence-electron chi connectivity index (χ0n) is 12.6. The van der Waals surface area contributed by atoms with E-state index in [0.29, 0.717) is 6.04 Å². The predicted molar refractivity (Wildman–Crippen MR) is 88.1 cm³/mol. The first kappa shape index (κ1) is 14.6. The topological polar surface area (TPSA) is 24.5 Å². The second-order valence-corrected chi connectivity index (χ2v) is 6.65. The van der Waals surface area contributed by atoms with Crippen molar-refractivity contribution in [2.45, 2.75) is 19.0 Å². The van der Waals surface area contributed by atoms with Crippen molar-refractivity contribution in [1.29, 1.82) is 0 Å². The largest absolute Gasteiger partial charge is 0.493 e. The molecule has 0 saturated heterocycles. The molecule has 1 atom stereocenters. The molecule has 1 N–H and O–H groups in total. The number of hydrogen-bond donors (Lipinski definition) is 1. The Kier molecular flexibility index (Phi) is 4.58. The van der Waals surface area contributed by atoms with Gasteiger partial charge >= 0.3 is 0 Å². The Morgan fingerprint density at radius 1 is 1.33 bits per heavy atom. The van der Waals surface area contributed by atoms with E-state index >= 15 is 0 Å². The molecule has 3 nitrogen and oxygen atoms in total. The number of likely N-dealkylation sites (N-methyl/N-ethyl adjacent to an activating group) is 1. The molecule has 3 rings (SSSR count). The zero-order chi connectivity index (χ0) is 14.7. The number of rotatable bonds is 6. The van der Waals surface area contributed by atoms with E-state index in [-0.39, 0.29) is 0 Å². The molecule has 0 fully saturated rings. The molecule has 0 spiro atoms. The van der Waals surface area contributed by atoms with E-state index in [2.05, 4.69) is 60.0 Å². The summed E-state index contributed by atoms with van der Waals surface area (Å²) in [4.78, 5) is 3.69. The third-order valence-corrected chi connectivity index (χ3v) is 4.89. The van der Waals surface area contributed by atoms with E-state index in [1.54, 1.807) is 0 Å². The van der Waals surface area contributed by atoms with Crippen LogP contribution in [0.3, 0.4) is 0 Å². The van der Waals surface area contributed by atoms with Crippen molar-refractivity contribution in [3.05, 3.63) is 51.7 Å². The monoisotopic (exact) mass is 302 g/mol. The molecule has 1 aromatic heterocycles. The van der Waals surface area contributed by atoms with Crippen LogP contribution in [0.25, 0.3) is 0 Å². The highest BCUT2D eigenvalue weighted by atomic mass is 32.1. The van der Waals surface area contributed by atoms with E-state index in [0.717, 1.165) is 31.9 Å². The average Bonchev–Trinajstić information content (AvgIpc) is 3.13. The van der Waals surface area contributed by atoms with Crippen LogP contribution in [-0.4, -0.2) is 32.1 Å². The van der Waals surface area contributed by atoms with Gasteiger partial charge in [0.25, 0.3) is 0 Å². The van der Waals surface area contributed by atoms with Crippen molar-refractivity contribution >= 4 is 11.3 Å². The number of hydrogen-bond acceptors (Lipinski definition) is 4. The van der Waals surface area contributed by atoms with Gasteiger partial charge in [0.05, 0.1) is 12.6 Å². The quantitative estimate of drug-likeness (QED) is 0.887. The van der Waals surface area contributed by atoms with Gasteiger partial charge in [0.1, 0.15) is 5.75 Å². The zero-order valence-corrected chi connectivity index (χ0v) is 13.5. The lowest BCUT2D eigenvalue weighted by atomic mass is 10.1. The van der Waals surface area contributed by atoms with Gasteiger partial charge in [-0.2, -0.15) is 0 Å². The van der Waals surface area contributed by atoms with Crippen molar-refractivity contribution in [3.63, 3.8) is 0 Å².